The molecular weight excluding hydrogens is 962 g/mol. The number of anilines is 4. The molecule has 8 heterocycles. The van der Waals surface area contributed by atoms with Gasteiger partial charge in [-0.05, 0) is 145 Å². The van der Waals surface area contributed by atoms with Gasteiger partial charge in [0.15, 0.2) is 5.82 Å². The third-order valence-corrected chi connectivity index (χ3v) is 17.2. The van der Waals surface area contributed by atoms with Crippen molar-refractivity contribution in [3.05, 3.63) is 126 Å². The van der Waals surface area contributed by atoms with Gasteiger partial charge in [0.25, 0.3) is 11.8 Å². The quantitative estimate of drug-likeness (QED) is 0.127. The summed E-state index contributed by atoms with van der Waals surface area (Å²) in [7, 11) is 0. The molecular formula is C59H64FN11O5. The monoisotopic (exact) mass is 1030 g/mol. The molecule has 12 rings (SSSR count). The molecule has 2 N–H and O–H groups in total. The van der Waals surface area contributed by atoms with Gasteiger partial charge >= 0.3 is 0 Å². The summed E-state index contributed by atoms with van der Waals surface area (Å²) in [6, 6.07) is 26.0. The van der Waals surface area contributed by atoms with Crippen molar-refractivity contribution in [1.82, 2.24) is 39.5 Å². The Morgan fingerprint density at radius 3 is 2.26 bits per heavy atom. The van der Waals surface area contributed by atoms with Crippen molar-refractivity contribution in [2.24, 2.45) is 0 Å². The van der Waals surface area contributed by atoms with Crippen LogP contribution in [-0.4, -0.2) is 128 Å². The summed E-state index contributed by atoms with van der Waals surface area (Å²) in [6.07, 6.45) is 10.8. The Bertz CT molecular complexity index is 3250. The van der Waals surface area contributed by atoms with E-state index in [1.54, 1.807) is 55.0 Å². The van der Waals surface area contributed by atoms with Crippen LogP contribution in [0.5, 0.6) is 0 Å². The van der Waals surface area contributed by atoms with E-state index in [2.05, 4.69) is 56.3 Å². The molecule has 3 aromatic heterocycles. The van der Waals surface area contributed by atoms with Gasteiger partial charge in [-0.1, -0.05) is 36.8 Å². The minimum atomic E-state index is -0.794. The van der Waals surface area contributed by atoms with Crippen LogP contribution in [0.1, 0.15) is 122 Å². The highest BCUT2D eigenvalue weighted by atomic mass is 19.1. The number of benzene rings is 3. The molecule has 1 unspecified atom stereocenters. The molecule has 3 aromatic carbocycles. The van der Waals surface area contributed by atoms with Crippen molar-refractivity contribution in [3.8, 4) is 11.3 Å². The summed E-state index contributed by atoms with van der Waals surface area (Å²) < 4.78 is 17.1. The summed E-state index contributed by atoms with van der Waals surface area (Å²) in [5, 5.41) is 5.69. The molecule has 5 amide bonds. The van der Waals surface area contributed by atoms with Crippen LogP contribution in [0.2, 0.25) is 0 Å². The third kappa shape index (κ3) is 8.85. The number of nitrogens with one attached hydrogen (secondary N) is 2. The molecule has 17 heteroatoms. The molecule has 1 aliphatic carbocycles. The highest BCUT2D eigenvalue weighted by Gasteiger charge is 2.56. The lowest BCUT2D eigenvalue weighted by atomic mass is 9.73. The molecule has 5 fully saturated rings. The molecule has 5 aliphatic heterocycles. The zero-order valence-electron chi connectivity index (χ0n) is 43.4. The molecule has 1 spiro atoms. The van der Waals surface area contributed by atoms with E-state index in [0.29, 0.717) is 92.8 Å². The maximum absolute atomic E-state index is 15.3. The third-order valence-electron chi connectivity index (χ3n) is 17.2. The largest absolute Gasteiger partial charge is 0.353 e. The molecule has 6 aromatic rings. The number of fused-ring (bicyclic) bond motifs is 3. The SMILES string of the molecule is CC(C)n1cnc2cc(-c3ccc4c(c3)N(C3CC(N5CCCCC5)C3)C(=O)C43CCN(C(=O)c4ccc(C(=O)N5CCN(c6ccc(C7CCC(=O)NC7=O)cn6)C[C@H]5C)cc4)CC3)nc(Nc3ccccc3F)c21. The van der Waals surface area contributed by atoms with Crippen molar-refractivity contribution in [2.75, 3.05) is 60.9 Å². The molecule has 2 atom stereocenters. The second kappa shape index (κ2) is 19.9. The molecule has 1 saturated carbocycles. The highest BCUT2D eigenvalue weighted by molar-refractivity contribution is 6.10. The number of imidazole rings is 1. The zero-order valence-corrected chi connectivity index (χ0v) is 43.4. The van der Waals surface area contributed by atoms with Gasteiger partial charge in [0.05, 0.1) is 34.6 Å². The van der Waals surface area contributed by atoms with Gasteiger partial charge in [-0.2, -0.15) is 0 Å². The van der Waals surface area contributed by atoms with Crippen LogP contribution in [0.4, 0.5) is 27.4 Å². The number of carbonyl (C=O) groups is 5. The van der Waals surface area contributed by atoms with Crippen molar-refractivity contribution < 1.29 is 28.4 Å². The summed E-state index contributed by atoms with van der Waals surface area (Å²) >= 11 is 0. The first kappa shape index (κ1) is 49.4. The maximum atomic E-state index is 15.3. The van der Waals surface area contributed by atoms with Gasteiger partial charge in [0.1, 0.15) is 17.2 Å². The summed E-state index contributed by atoms with van der Waals surface area (Å²) in [5.41, 5.74) is 6.16. The molecule has 0 radical (unpaired) electrons. The molecule has 392 valence electrons. The number of para-hydroxylation sites is 1. The number of piperazine rings is 1. The fraction of sp³-hybridized carbons (Fsp3) is 0.424. The van der Waals surface area contributed by atoms with E-state index in [0.717, 1.165) is 65.2 Å². The Morgan fingerprint density at radius 1 is 0.816 bits per heavy atom. The number of rotatable bonds is 10. The van der Waals surface area contributed by atoms with Crippen molar-refractivity contribution in [2.45, 2.75) is 114 Å². The second-order valence-corrected chi connectivity index (χ2v) is 22.1. The van der Waals surface area contributed by atoms with Crippen molar-refractivity contribution >= 4 is 63.6 Å². The van der Waals surface area contributed by atoms with Gasteiger partial charge in [-0.25, -0.2) is 19.3 Å². The smallest absolute Gasteiger partial charge is 0.254 e. The summed E-state index contributed by atoms with van der Waals surface area (Å²) in [6.45, 7) is 10.8. The van der Waals surface area contributed by atoms with Crippen LogP contribution in [0.3, 0.4) is 0 Å². The number of pyridine rings is 2. The Morgan fingerprint density at radius 2 is 1.57 bits per heavy atom. The number of hydrogen-bond acceptors (Lipinski definition) is 11. The predicted molar refractivity (Wildman–Crippen MR) is 288 cm³/mol. The normalized spacial score (nSPS) is 22.8. The number of piperidine rings is 3. The zero-order chi connectivity index (χ0) is 52.4. The van der Waals surface area contributed by atoms with Gasteiger partial charge in [0.2, 0.25) is 17.7 Å². The summed E-state index contributed by atoms with van der Waals surface area (Å²) in [4.78, 5) is 92.6. The van der Waals surface area contributed by atoms with Crippen LogP contribution >= 0.6 is 0 Å². The standard InChI is InChI=1S/C59H64FN11O5/c1-36(2)70-35-62-49-32-48(64-54(53(49)70)63-47-10-6-5-9-46(47)60)40-15-18-45-50(29-40)71(43-30-42(31-43)66-23-7-4-8-24-66)58(76)59(45)21-25-67(26-22-59)56(74)38-11-13-39(14-12-38)57(75)69-28-27-68(34-37(69)3)51-19-16-41(33-61-51)44-17-20-52(72)65-55(44)73/h5-6,9-16,18-19,29,32-33,35-37,42-44H,4,7-8,17,20-28,30-31,34H2,1-3H3,(H,63,64)(H,65,72,73)/t37-,42?,43?,44?/m1/s1. The lowest BCUT2D eigenvalue weighted by Gasteiger charge is -2.48. The first-order valence-electron chi connectivity index (χ1n) is 27.2. The van der Waals surface area contributed by atoms with Crippen LogP contribution in [0.25, 0.3) is 22.3 Å². The van der Waals surface area contributed by atoms with E-state index < -0.39 is 11.3 Å². The molecule has 76 heavy (non-hydrogen) atoms. The van der Waals surface area contributed by atoms with E-state index >= 15 is 9.18 Å². The molecule has 6 aliphatic rings. The Labute approximate surface area is 441 Å². The number of nitrogens with zero attached hydrogens (tertiary/aromatic N) is 9. The van der Waals surface area contributed by atoms with E-state index in [4.69, 9.17) is 9.97 Å². The number of amides is 5. The number of carbonyl (C=O) groups excluding carboxylic acids is 5. The molecule has 0 bridgehead atoms. The van der Waals surface area contributed by atoms with Gasteiger partial charge in [-0.3, -0.25) is 29.3 Å². The van der Waals surface area contributed by atoms with Gasteiger partial charge < -0.3 is 34.4 Å². The van der Waals surface area contributed by atoms with Crippen molar-refractivity contribution in [1.29, 1.82) is 0 Å². The highest BCUT2D eigenvalue weighted by Crippen LogP contribution is 2.52. The lowest BCUT2D eigenvalue weighted by molar-refractivity contribution is -0.134. The topological polar surface area (TPSA) is 169 Å². The number of aromatic nitrogens is 4. The minimum absolute atomic E-state index is 0.0546. The fourth-order valence-corrected chi connectivity index (χ4v) is 12.8. The first-order valence-corrected chi connectivity index (χ1v) is 27.2. The average Bonchev–Trinajstić information content (AvgIpc) is 3.99. The van der Waals surface area contributed by atoms with Crippen LogP contribution in [0, 0.1) is 5.82 Å². The summed E-state index contributed by atoms with van der Waals surface area (Å²) in [5.74, 6) is -0.207. The minimum Gasteiger partial charge on any atom is -0.353 e. The van der Waals surface area contributed by atoms with Crippen LogP contribution in [-0.2, 0) is 19.8 Å². The fourth-order valence-electron chi connectivity index (χ4n) is 12.8. The van der Waals surface area contributed by atoms with Crippen LogP contribution < -0.4 is 20.4 Å². The van der Waals surface area contributed by atoms with Gasteiger partial charge in [0, 0.05) is 91.9 Å². The van der Waals surface area contributed by atoms with E-state index in [9.17, 15) is 19.2 Å². The number of likely N-dealkylation sites (tertiary alicyclic amines) is 2. The van der Waals surface area contributed by atoms with E-state index in [-0.39, 0.29) is 53.5 Å². The van der Waals surface area contributed by atoms with E-state index in [1.807, 2.05) is 45.6 Å². The lowest BCUT2D eigenvalue weighted by Crippen LogP contribution is -2.58. The Hall–Kier alpha value is -7.53. The predicted octanol–water partition coefficient (Wildman–Crippen LogP) is 8.37. The second-order valence-electron chi connectivity index (χ2n) is 22.1. The van der Waals surface area contributed by atoms with Crippen molar-refractivity contribution in [3.63, 3.8) is 0 Å². The number of halogens is 1. The van der Waals surface area contributed by atoms with E-state index in [1.165, 1.54) is 25.3 Å². The Kier molecular flexibility index (Phi) is 12.9. The average molecular weight is 1030 g/mol. The van der Waals surface area contributed by atoms with Crippen LogP contribution in [0.15, 0.2) is 97.5 Å². The molecule has 16 nitrogen and oxygen atoms in total. The Balaban J connectivity index is 0.748. The van der Waals surface area contributed by atoms with Gasteiger partial charge in [-0.15, -0.1) is 0 Å². The maximum Gasteiger partial charge on any atom is 0.254 e. The molecule has 4 saturated heterocycles. The number of hydrogen-bond donors (Lipinski definition) is 2. The first-order chi connectivity index (χ1) is 36.8. The number of imide groups is 1.